The number of benzene rings is 1. The molecule has 2 aromatic heterocycles. The Morgan fingerprint density at radius 1 is 1.14 bits per heavy atom. The molecule has 108 valence electrons. The first-order valence-corrected chi connectivity index (χ1v) is 7.73. The van der Waals surface area contributed by atoms with Crippen molar-refractivity contribution in [3.63, 3.8) is 0 Å². The summed E-state index contributed by atoms with van der Waals surface area (Å²) in [4.78, 5) is 12.5. The molecule has 0 amide bonds. The highest BCUT2D eigenvalue weighted by molar-refractivity contribution is 7.17. The van der Waals surface area contributed by atoms with E-state index < -0.39 is 0 Å². The smallest absolute Gasteiger partial charge is 0.146 e. The Labute approximate surface area is 128 Å². The Balaban J connectivity index is 2.17. The summed E-state index contributed by atoms with van der Waals surface area (Å²) >= 11 is 1.67. The second-order valence-corrected chi connectivity index (χ2v) is 6.03. The molecule has 0 saturated carbocycles. The van der Waals surface area contributed by atoms with Gasteiger partial charge in [0.1, 0.15) is 16.5 Å². The summed E-state index contributed by atoms with van der Waals surface area (Å²) in [7, 11) is 5.96. The van der Waals surface area contributed by atoms with E-state index in [-0.39, 0.29) is 0 Å². The van der Waals surface area contributed by atoms with Crippen LogP contribution < -0.4 is 5.32 Å². The second-order valence-electron chi connectivity index (χ2n) is 5.17. The van der Waals surface area contributed by atoms with Crippen LogP contribution in [0, 0.1) is 0 Å². The van der Waals surface area contributed by atoms with E-state index in [4.69, 9.17) is 4.98 Å². The van der Waals surface area contributed by atoms with Crippen LogP contribution in [0.4, 0.5) is 5.82 Å². The third-order valence-corrected chi connectivity index (χ3v) is 4.13. The van der Waals surface area contributed by atoms with Crippen molar-refractivity contribution in [3.8, 4) is 11.1 Å². The number of nitrogens with zero attached hydrogens (tertiary/aromatic N) is 3. The Morgan fingerprint density at radius 2 is 1.90 bits per heavy atom. The lowest BCUT2D eigenvalue weighted by Gasteiger charge is -2.11. The maximum absolute atomic E-state index is 4.70. The maximum atomic E-state index is 4.70. The van der Waals surface area contributed by atoms with Crippen LogP contribution in [-0.4, -0.2) is 36.0 Å². The number of thiophene rings is 1. The number of aromatic nitrogens is 2. The minimum atomic E-state index is 0.739. The molecule has 3 aromatic rings. The molecule has 0 aliphatic carbocycles. The summed E-state index contributed by atoms with van der Waals surface area (Å²) in [5.74, 6) is 1.75. The molecule has 2 heterocycles. The van der Waals surface area contributed by atoms with Gasteiger partial charge in [0.05, 0.1) is 11.9 Å². The summed E-state index contributed by atoms with van der Waals surface area (Å²) in [6.45, 7) is 0.739. The van der Waals surface area contributed by atoms with E-state index in [1.807, 2.05) is 27.2 Å². The van der Waals surface area contributed by atoms with Crippen molar-refractivity contribution in [2.75, 3.05) is 26.5 Å². The van der Waals surface area contributed by atoms with Crippen LogP contribution in [-0.2, 0) is 6.54 Å². The van der Waals surface area contributed by atoms with Crippen LogP contribution in [0.25, 0.3) is 21.3 Å². The van der Waals surface area contributed by atoms with Crippen LogP contribution in [0.15, 0.2) is 35.7 Å². The van der Waals surface area contributed by atoms with Gasteiger partial charge < -0.3 is 10.2 Å². The van der Waals surface area contributed by atoms with Crippen molar-refractivity contribution in [3.05, 3.63) is 41.5 Å². The number of fused-ring (bicyclic) bond motifs is 1. The van der Waals surface area contributed by atoms with Gasteiger partial charge in [0, 0.05) is 18.0 Å². The van der Waals surface area contributed by atoms with E-state index in [1.165, 1.54) is 11.1 Å². The maximum Gasteiger partial charge on any atom is 0.146 e. The van der Waals surface area contributed by atoms with Crippen molar-refractivity contribution >= 4 is 27.4 Å². The van der Waals surface area contributed by atoms with Crippen molar-refractivity contribution in [2.45, 2.75) is 6.54 Å². The summed E-state index contributed by atoms with van der Waals surface area (Å²) in [5, 5.41) is 6.49. The summed E-state index contributed by atoms with van der Waals surface area (Å²) in [5.41, 5.74) is 2.39. The van der Waals surface area contributed by atoms with Gasteiger partial charge in [-0.25, -0.2) is 9.97 Å². The molecular weight excluding hydrogens is 280 g/mol. The number of nitrogens with one attached hydrogen (secondary N) is 1. The van der Waals surface area contributed by atoms with Crippen molar-refractivity contribution in [1.82, 2.24) is 14.9 Å². The molecule has 1 aromatic carbocycles. The van der Waals surface area contributed by atoms with E-state index in [9.17, 15) is 0 Å². The van der Waals surface area contributed by atoms with E-state index in [0.29, 0.717) is 0 Å². The molecule has 21 heavy (non-hydrogen) atoms. The van der Waals surface area contributed by atoms with Crippen LogP contribution in [0.3, 0.4) is 0 Å². The topological polar surface area (TPSA) is 41.1 Å². The van der Waals surface area contributed by atoms with Gasteiger partial charge in [-0.15, -0.1) is 11.3 Å². The summed E-state index contributed by atoms with van der Waals surface area (Å²) in [6.07, 6.45) is 0. The lowest BCUT2D eigenvalue weighted by molar-refractivity contribution is 0.391. The van der Waals surface area contributed by atoms with E-state index in [0.717, 1.165) is 28.4 Å². The first kappa shape index (κ1) is 14.0. The lowest BCUT2D eigenvalue weighted by Crippen LogP contribution is -2.14. The molecule has 0 spiro atoms. The molecule has 0 saturated heterocycles. The normalized spacial score (nSPS) is 11.2. The van der Waals surface area contributed by atoms with E-state index in [1.54, 1.807) is 11.3 Å². The first-order chi connectivity index (χ1) is 10.2. The van der Waals surface area contributed by atoms with Crippen LogP contribution in [0.2, 0.25) is 0 Å². The zero-order valence-corrected chi connectivity index (χ0v) is 13.2. The summed E-state index contributed by atoms with van der Waals surface area (Å²) in [6, 6.07) is 10.4. The van der Waals surface area contributed by atoms with Gasteiger partial charge >= 0.3 is 0 Å². The minimum Gasteiger partial charge on any atom is -0.372 e. The van der Waals surface area contributed by atoms with Gasteiger partial charge in [-0.2, -0.15) is 0 Å². The fourth-order valence-corrected chi connectivity index (χ4v) is 3.32. The van der Waals surface area contributed by atoms with Crippen molar-refractivity contribution in [2.24, 2.45) is 0 Å². The summed E-state index contributed by atoms with van der Waals surface area (Å²) < 4.78 is 0. The zero-order valence-electron chi connectivity index (χ0n) is 12.4. The lowest BCUT2D eigenvalue weighted by atomic mass is 10.1. The largest absolute Gasteiger partial charge is 0.372 e. The molecule has 0 aliphatic rings. The van der Waals surface area contributed by atoms with Gasteiger partial charge in [-0.3, -0.25) is 0 Å². The molecular formula is C16H18N4S. The minimum absolute atomic E-state index is 0.739. The fraction of sp³-hybridized carbons (Fsp3) is 0.250. The Bertz CT molecular complexity index is 750. The van der Waals surface area contributed by atoms with Gasteiger partial charge in [-0.05, 0) is 19.7 Å². The Morgan fingerprint density at radius 3 is 2.57 bits per heavy atom. The van der Waals surface area contributed by atoms with Crippen molar-refractivity contribution < 1.29 is 0 Å². The van der Waals surface area contributed by atoms with Gasteiger partial charge in [0.2, 0.25) is 0 Å². The molecule has 3 rings (SSSR count). The van der Waals surface area contributed by atoms with E-state index >= 15 is 0 Å². The quantitative estimate of drug-likeness (QED) is 0.801. The SMILES string of the molecule is CNc1nc(CN(C)C)nc2scc(-c3ccccc3)c12. The Hall–Kier alpha value is -1.98. The monoisotopic (exact) mass is 298 g/mol. The van der Waals surface area contributed by atoms with Crippen molar-refractivity contribution in [1.29, 1.82) is 0 Å². The molecule has 0 aliphatic heterocycles. The molecule has 0 atom stereocenters. The molecule has 5 heteroatoms. The molecule has 0 radical (unpaired) electrons. The third kappa shape index (κ3) is 2.75. The molecule has 0 bridgehead atoms. The zero-order chi connectivity index (χ0) is 14.8. The predicted octanol–water partition coefficient (Wildman–Crippen LogP) is 3.46. The number of hydrogen-bond donors (Lipinski definition) is 1. The highest BCUT2D eigenvalue weighted by Crippen LogP contribution is 2.36. The number of hydrogen-bond acceptors (Lipinski definition) is 5. The van der Waals surface area contributed by atoms with Gasteiger partial charge in [0.15, 0.2) is 0 Å². The first-order valence-electron chi connectivity index (χ1n) is 6.85. The van der Waals surface area contributed by atoms with Gasteiger partial charge in [0.25, 0.3) is 0 Å². The van der Waals surface area contributed by atoms with E-state index in [2.05, 4.69) is 44.8 Å². The number of anilines is 1. The predicted molar refractivity (Wildman–Crippen MR) is 89.8 cm³/mol. The van der Waals surface area contributed by atoms with Crippen LogP contribution in [0.5, 0.6) is 0 Å². The highest BCUT2D eigenvalue weighted by atomic mass is 32.1. The Kier molecular flexibility index (Phi) is 3.86. The number of rotatable bonds is 4. The molecule has 0 unspecified atom stereocenters. The fourth-order valence-electron chi connectivity index (χ4n) is 2.35. The average molecular weight is 298 g/mol. The second kappa shape index (κ2) is 5.79. The highest BCUT2D eigenvalue weighted by Gasteiger charge is 2.14. The third-order valence-electron chi connectivity index (χ3n) is 3.26. The average Bonchev–Trinajstić information content (AvgIpc) is 2.90. The van der Waals surface area contributed by atoms with Crippen LogP contribution >= 0.6 is 11.3 Å². The van der Waals surface area contributed by atoms with Crippen LogP contribution in [0.1, 0.15) is 5.82 Å². The molecule has 0 fully saturated rings. The molecule has 1 N–H and O–H groups in total. The standard InChI is InChI=1S/C16H18N4S/c1-17-15-14-12(11-7-5-4-6-8-11)10-21-16(14)19-13(18-15)9-20(2)3/h4-8,10H,9H2,1-3H3,(H,17,18,19). The molecule has 4 nitrogen and oxygen atoms in total. The van der Waals surface area contributed by atoms with Gasteiger partial charge in [-0.1, -0.05) is 30.3 Å².